The number of fused-ring (bicyclic) bond motifs is 1. The average molecular weight is 365 g/mol. The second-order valence-corrected chi connectivity index (χ2v) is 6.82. The molecule has 0 aliphatic carbocycles. The van der Waals surface area contributed by atoms with E-state index in [-0.39, 0.29) is 17.0 Å². The van der Waals surface area contributed by atoms with Gasteiger partial charge in [-0.15, -0.1) is 0 Å². The minimum absolute atomic E-state index is 0.260. The molecule has 0 unspecified atom stereocenters. The van der Waals surface area contributed by atoms with Crippen molar-refractivity contribution in [3.63, 3.8) is 0 Å². The van der Waals surface area contributed by atoms with E-state index in [0.717, 1.165) is 11.4 Å². The number of aryl methyl sites for hydroxylation is 1. The number of carbonyl (C=O) groups is 3. The molecule has 4 rings (SSSR count). The van der Waals surface area contributed by atoms with Crippen molar-refractivity contribution in [3.05, 3.63) is 59.3 Å². The van der Waals surface area contributed by atoms with Gasteiger partial charge in [-0.2, -0.15) is 0 Å². The normalized spacial score (nSPS) is 17.2. The molecule has 7 heteroatoms. The Morgan fingerprint density at radius 1 is 1.04 bits per heavy atom. The lowest BCUT2D eigenvalue weighted by Crippen LogP contribution is -2.40. The van der Waals surface area contributed by atoms with Crippen molar-refractivity contribution in [3.8, 4) is 0 Å². The summed E-state index contributed by atoms with van der Waals surface area (Å²) in [5, 5.41) is 0.584. The van der Waals surface area contributed by atoms with E-state index in [4.69, 9.17) is 4.84 Å². The first kappa shape index (κ1) is 17.2. The zero-order valence-corrected chi connectivity index (χ0v) is 14.9. The van der Waals surface area contributed by atoms with Crippen molar-refractivity contribution in [1.82, 2.24) is 10.0 Å². The minimum Gasteiger partial charge on any atom is -0.357 e. The zero-order chi connectivity index (χ0) is 19.0. The predicted molar refractivity (Wildman–Crippen MR) is 96.9 cm³/mol. The Morgan fingerprint density at radius 3 is 2.22 bits per heavy atom. The first-order valence-electron chi connectivity index (χ1n) is 8.92. The molecule has 2 aromatic rings. The third kappa shape index (κ3) is 3.16. The number of carbonyl (C=O) groups excluding carboxylic acids is 3. The van der Waals surface area contributed by atoms with E-state index in [9.17, 15) is 14.4 Å². The summed E-state index contributed by atoms with van der Waals surface area (Å²) in [5.41, 5.74) is 1.62. The van der Waals surface area contributed by atoms with Crippen LogP contribution in [0.2, 0.25) is 0 Å². The monoisotopic (exact) mass is 365 g/mol. The fourth-order valence-electron chi connectivity index (χ4n) is 3.41. The summed E-state index contributed by atoms with van der Waals surface area (Å²) < 4.78 is 0. The molecule has 0 N–H and O–H groups in total. The number of amides is 2. The topological polar surface area (TPSA) is 79.8 Å². The van der Waals surface area contributed by atoms with Crippen LogP contribution in [0, 0.1) is 12.8 Å². The molecule has 2 amide bonds. The maximum absolute atomic E-state index is 12.5. The van der Waals surface area contributed by atoms with Crippen LogP contribution in [0.1, 0.15) is 39.1 Å². The third-order valence-electron chi connectivity index (χ3n) is 4.99. The number of anilines is 1. The van der Waals surface area contributed by atoms with Crippen LogP contribution in [-0.2, 0) is 9.63 Å². The summed E-state index contributed by atoms with van der Waals surface area (Å²) in [6.45, 7) is 3.31. The quantitative estimate of drug-likeness (QED) is 0.777. The molecule has 1 aromatic heterocycles. The van der Waals surface area contributed by atoms with Gasteiger partial charge in [-0.1, -0.05) is 23.3 Å². The van der Waals surface area contributed by atoms with Gasteiger partial charge in [0, 0.05) is 19.3 Å². The molecule has 0 spiro atoms. The van der Waals surface area contributed by atoms with E-state index in [1.165, 1.54) is 0 Å². The number of benzene rings is 1. The molecule has 1 fully saturated rings. The Bertz CT molecular complexity index is 867. The van der Waals surface area contributed by atoms with Crippen LogP contribution in [0.15, 0.2) is 42.6 Å². The number of aromatic nitrogens is 1. The molecule has 0 bridgehead atoms. The van der Waals surface area contributed by atoms with Crippen LogP contribution in [-0.4, -0.2) is 40.9 Å². The molecule has 1 saturated heterocycles. The van der Waals surface area contributed by atoms with E-state index >= 15 is 0 Å². The number of imide groups is 1. The van der Waals surface area contributed by atoms with Gasteiger partial charge in [0.15, 0.2) is 0 Å². The van der Waals surface area contributed by atoms with E-state index in [0.29, 0.717) is 31.0 Å². The molecule has 0 radical (unpaired) electrons. The minimum atomic E-state index is -0.592. The highest BCUT2D eigenvalue weighted by molar-refractivity contribution is 6.20. The van der Waals surface area contributed by atoms with Gasteiger partial charge < -0.3 is 9.74 Å². The lowest BCUT2D eigenvalue weighted by Gasteiger charge is -2.32. The summed E-state index contributed by atoms with van der Waals surface area (Å²) in [6, 6.07) is 10.4. The van der Waals surface area contributed by atoms with Gasteiger partial charge >= 0.3 is 5.97 Å². The van der Waals surface area contributed by atoms with Gasteiger partial charge in [-0.3, -0.25) is 9.59 Å². The fraction of sp³-hybridized carbons (Fsp3) is 0.300. The van der Waals surface area contributed by atoms with Gasteiger partial charge in [-0.05, 0) is 43.5 Å². The third-order valence-corrected chi connectivity index (χ3v) is 4.99. The van der Waals surface area contributed by atoms with Crippen LogP contribution >= 0.6 is 0 Å². The number of rotatable bonds is 3. The number of hydrogen-bond donors (Lipinski definition) is 0. The van der Waals surface area contributed by atoms with E-state index in [1.807, 2.05) is 25.3 Å². The van der Waals surface area contributed by atoms with Crippen LogP contribution in [0.3, 0.4) is 0 Å². The second-order valence-electron chi connectivity index (χ2n) is 6.82. The Morgan fingerprint density at radius 2 is 1.67 bits per heavy atom. The highest BCUT2D eigenvalue weighted by Gasteiger charge is 2.40. The molecule has 7 nitrogen and oxygen atoms in total. The standard InChI is InChI=1S/C20H19N3O4/c1-13-6-7-17(21-12-13)22-10-8-14(9-11-22)20(26)27-23-18(24)15-4-2-3-5-16(15)19(23)25/h2-7,12,14H,8-11H2,1H3. The van der Waals surface area contributed by atoms with Gasteiger partial charge in [0.05, 0.1) is 17.0 Å². The van der Waals surface area contributed by atoms with Crippen molar-refractivity contribution in [2.24, 2.45) is 5.92 Å². The van der Waals surface area contributed by atoms with Crippen molar-refractivity contribution in [2.75, 3.05) is 18.0 Å². The SMILES string of the molecule is Cc1ccc(N2CCC(C(=O)ON3C(=O)c4ccccc4C3=O)CC2)nc1. The Balaban J connectivity index is 1.37. The molecule has 3 heterocycles. The largest absolute Gasteiger partial charge is 0.357 e. The van der Waals surface area contributed by atoms with Crippen molar-refractivity contribution in [1.29, 1.82) is 0 Å². The molecule has 2 aliphatic heterocycles. The van der Waals surface area contributed by atoms with Crippen molar-refractivity contribution < 1.29 is 19.2 Å². The van der Waals surface area contributed by atoms with Crippen LogP contribution in [0.25, 0.3) is 0 Å². The smallest absolute Gasteiger partial charge is 0.336 e. The molecule has 1 aromatic carbocycles. The summed E-state index contributed by atoms with van der Waals surface area (Å²) in [6.07, 6.45) is 2.98. The van der Waals surface area contributed by atoms with Gasteiger partial charge in [0.25, 0.3) is 11.8 Å². The van der Waals surface area contributed by atoms with E-state index in [1.54, 1.807) is 24.3 Å². The molecule has 0 atom stereocenters. The summed E-state index contributed by atoms with van der Waals surface area (Å²) in [4.78, 5) is 48.8. The first-order chi connectivity index (χ1) is 13.0. The Kier molecular flexibility index (Phi) is 4.35. The van der Waals surface area contributed by atoms with Gasteiger partial charge in [0.2, 0.25) is 0 Å². The highest BCUT2D eigenvalue weighted by Crippen LogP contribution is 2.26. The lowest BCUT2D eigenvalue weighted by atomic mass is 9.97. The molecular weight excluding hydrogens is 346 g/mol. The second kappa shape index (κ2) is 6.83. The maximum atomic E-state index is 12.5. The van der Waals surface area contributed by atoms with Crippen LogP contribution < -0.4 is 4.90 Å². The number of hydrogen-bond acceptors (Lipinski definition) is 6. The van der Waals surface area contributed by atoms with Gasteiger partial charge in [0.1, 0.15) is 5.82 Å². The Labute approximate surface area is 156 Å². The molecular formula is C20H19N3O4. The zero-order valence-electron chi connectivity index (χ0n) is 14.9. The fourth-order valence-corrected chi connectivity index (χ4v) is 3.41. The number of nitrogens with zero attached hydrogens (tertiary/aromatic N) is 3. The maximum Gasteiger partial charge on any atom is 0.336 e. The highest BCUT2D eigenvalue weighted by atomic mass is 16.7. The van der Waals surface area contributed by atoms with Crippen LogP contribution in [0.4, 0.5) is 5.82 Å². The first-order valence-corrected chi connectivity index (χ1v) is 8.92. The molecule has 27 heavy (non-hydrogen) atoms. The van der Waals surface area contributed by atoms with Crippen LogP contribution in [0.5, 0.6) is 0 Å². The lowest BCUT2D eigenvalue weighted by molar-refractivity contribution is -0.174. The molecule has 138 valence electrons. The number of piperidine rings is 1. The van der Waals surface area contributed by atoms with Crippen molar-refractivity contribution >= 4 is 23.6 Å². The van der Waals surface area contributed by atoms with Gasteiger partial charge in [-0.25, -0.2) is 9.78 Å². The number of hydroxylamine groups is 2. The number of pyridine rings is 1. The Hall–Kier alpha value is -3.22. The molecule has 2 aliphatic rings. The predicted octanol–water partition coefficient (Wildman–Crippen LogP) is 2.36. The summed E-state index contributed by atoms with van der Waals surface area (Å²) >= 11 is 0. The summed E-state index contributed by atoms with van der Waals surface area (Å²) in [5.74, 6) is -1.19. The molecule has 0 saturated carbocycles. The summed E-state index contributed by atoms with van der Waals surface area (Å²) in [7, 11) is 0. The van der Waals surface area contributed by atoms with Crippen molar-refractivity contribution in [2.45, 2.75) is 19.8 Å². The average Bonchev–Trinajstić information content (AvgIpc) is 2.94. The van der Waals surface area contributed by atoms with E-state index < -0.39 is 17.8 Å². The van der Waals surface area contributed by atoms with E-state index in [2.05, 4.69) is 9.88 Å².